The van der Waals surface area contributed by atoms with Crippen LogP contribution in [0, 0.1) is 0 Å². The molecule has 0 saturated carbocycles. The quantitative estimate of drug-likeness (QED) is 0.00983. The van der Waals surface area contributed by atoms with E-state index in [0.717, 1.165) is 0 Å². The Hall–Kier alpha value is -10.9. The largest absolute Gasteiger partial charge is 0.459 e. The topological polar surface area (TPSA) is 1090 Å². The molecule has 6 rings (SSSR count). The van der Waals surface area contributed by atoms with E-state index in [2.05, 4.69) is 62.7 Å². The Morgan fingerprint density at radius 1 is 0.213 bits per heavy atom. The van der Waals surface area contributed by atoms with Crippen LogP contribution >= 0.6 is 0 Å². The molecule has 712 valence electrons. The fourth-order valence-corrected chi connectivity index (χ4v) is 14.0. The maximum Gasteiger partial charge on any atom is 0.446 e. The molecule has 0 unspecified atom stereocenters. The minimum Gasteiger partial charge on any atom is -0.459 e. The first-order valence-electron chi connectivity index (χ1n) is 28.3. The van der Waals surface area contributed by atoms with E-state index in [0.29, 0.717) is 0 Å². The van der Waals surface area contributed by atoms with Crippen molar-refractivity contribution in [1.29, 1.82) is 0 Å². The number of esters is 5. The third-order valence-electron chi connectivity index (χ3n) is 12.1. The number of carbonyl (C=O) groups excluding carboxylic acids is 5. The standard InChI is InChI=1S/C41H32O71S15/c42-36(12-1-17(98-113(47,48)49)28(108-123(77,78)79)18(2-12)99-114(50,51)52)92-11-27-33(94-37(43)13-3-19(100-115(53,54)55)29(109-124(80,81)82)20(4-13)101-116(56,57)58)34(95-38(44)14-5-21(102-117(59,60)61)30(110-125(83,84)85)22(6-14)103-118(62,63)64)35(96-39(45)15-7-23(104-119(65,66)67)31(111-126(86,87)88)24(8-15)105-120(68,69)70)41(93-27)97-40(46)16-9-25(106-121(71,72)73)32(112-127(89,90)91)26(10-16)107-122(74,75)76/h1-10,27,33-35,41H,11H2,(H,47,48,49)(H,50,51,52)(H,53,54,55)(H,56,57,58)(H,59,60,61)(H,62,63,64)(H,65,66,67)(H,68,69,70)(H,71,72,73)(H,74,75,76)(H,77,78,79)(H,80,81,82)(H,83,84,85)(H,86,87,88)(H,89,90,91)/t27-,33-,34+,35-,41+/m1/s1. The molecule has 1 fully saturated rings. The van der Waals surface area contributed by atoms with Gasteiger partial charge in [0.25, 0.3) is 0 Å². The molecule has 5 atom stereocenters. The fraction of sp³-hybridized carbons (Fsp3) is 0.146. The molecule has 0 radical (unpaired) electrons. The summed E-state index contributed by atoms with van der Waals surface area (Å²) in [7, 11) is -96.4. The van der Waals surface area contributed by atoms with E-state index in [-0.39, 0.29) is 12.1 Å². The van der Waals surface area contributed by atoms with Gasteiger partial charge < -0.3 is 91.2 Å². The van der Waals surface area contributed by atoms with Gasteiger partial charge in [-0.15, -0.1) is 0 Å². The molecule has 5 aromatic carbocycles. The van der Waals surface area contributed by atoms with Gasteiger partial charge in [0.1, 0.15) is 12.7 Å². The van der Waals surface area contributed by atoms with Gasteiger partial charge in [-0.1, -0.05) is 0 Å². The Morgan fingerprint density at radius 2 is 0.362 bits per heavy atom. The molecular formula is C41H32O71S15. The number of ether oxygens (including phenoxy) is 6. The van der Waals surface area contributed by atoms with E-state index in [1.807, 2.05) is 0 Å². The summed E-state index contributed by atoms with van der Waals surface area (Å²) in [6.07, 6.45) is -19.8. The van der Waals surface area contributed by atoms with Gasteiger partial charge in [0, 0.05) is 60.7 Å². The number of rotatable bonds is 41. The van der Waals surface area contributed by atoms with Crippen LogP contribution < -0.4 is 62.7 Å². The van der Waals surface area contributed by atoms with Crippen LogP contribution in [0.2, 0.25) is 0 Å². The average molecular weight is 2140 g/mol. The zero-order valence-corrected chi connectivity index (χ0v) is 69.8. The van der Waals surface area contributed by atoms with Gasteiger partial charge in [-0.25, -0.2) is 24.0 Å². The van der Waals surface area contributed by atoms with Gasteiger partial charge in [-0.05, 0) is 0 Å². The lowest BCUT2D eigenvalue weighted by molar-refractivity contribution is -0.282. The summed E-state index contributed by atoms with van der Waals surface area (Å²) in [6.45, 7) is -2.52. The van der Waals surface area contributed by atoms with E-state index in [4.69, 9.17) is 28.4 Å². The van der Waals surface area contributed by atoms with Crippen molar-refractivity contribution in [3.05, 3.63) is 88.5 Å². The maximum absolute atomic E-state index is 15.2. The van der Waals surface area contributed by atoms with E-state index in [9.17, 15) is 204 Å². The monoisotopic (exact) mass is 2140 g/mol. The van der Waals surface area contributed by atoms with Crippen molar-refractivity contribution in [1.82, 2.24) is 0 Å². The molecule has 0 aromatic heterocycles. The highest BCUT2D eigenvalue weighted by Gasteiger charge is 2.56. The zero-order valence-electron chi connectivity index (χ0n) is 57.6. The van der Waals surface area contributed by atoms with Crippen molar-refractivity contribution in [2.75, 3.05) is 6.61 Å². The van der Waals surface area contributed by atoms with Crippen LogP contribution in [-0.2, 0) is 184 Å². The van der Waals surface area contributed by atoms with Gasteiger partial charge in [-0.2, -0.15) is 126 Å². The van der Waals surface area contributed by atoms with Crippen LogP contribution in [-0.4, -0.2) is 262 Å². The predicted molar refractivity (Wildman–Crippen MR) is 367 cm³/mol. The molecule has 0 spiro atoms. The summed E-state index contributed by atoms with van der Waals surface area (Å²) in [5.74, 6) is -48.9. The van der Waals surface area contributed by atoms with E-state index in [1.54, 1.807) is 0 Å². The summed E-state index contributed by atoms with van der Waals surface area (Å²) in [4.78, 5) is 74.7. The Bertz CT molecular complexity index is 6930. The maximum atomic E-state index is 15.2. The van der Waals surface area contributed by atoms with Crippen molar-refractivity contribution >= 4 is 186 Å². The van der Waals surface area contributed by atoms with E-state index in [1.165, 1.54) is 0 Å². The summed E-state index contributed by atoms with van der Waals surface area (Å²) in [5.41, 5.74) is -10.2. The first-order chi connectivity index (χ1) is 56.7. The van der Waals surface area contributed by atoms with Gasteiger partial charge >= 0.3 is 186 Å². The van der Waals surface area contributed by atoms with Gasteiger partial charge in [0.05, 0.1) is 27.8 Å². The van der Waals surface area contributed by atoms with Crippen molar-refractivity contribution in [3.63, 3.8) is 0 Å². The van der Waals surface area contributed by atoms with Crippen LogP contribution in [0.3, 0.4) is 0 Å². The van der Waals surface area contributed by atoms with E-state index >= 15 is 14.4 Å². The molecule has 127 heavy (non-hydrogen) atoms. The highest BCUT2D eigenvalue weighted by molar-refractivity contribution is 7.84. The smallest absolute Gasteiger partial charge is 0.446 e. The molecular weight excluding hydrogens is 2110 g/mol. The van der Waals surface area contributed by atoms with Crippen molar-refractivity contribution < 1.29 is 310 Å². The highest BCUT2D eigenvalue weighted by Crippen LogP contribution is 2.48. The Labute approximate surface area is 702 Å². The van der Waals surface area contributed by atoms with Crippen molar-refractivity contribution in [2.24, 2.45) is 0 Å². The minimum atomic E-state index is -6.50. The second kappa shape index (κ2) is 37.0. The second-order valence-corrected chi connectivity index (χ2v) is 36.7. The summed E-state index contributed by atoms with van der Waals surface area (Å²) in [5, 5.41) is 0. The second-order valence-electron chi connectivity index (χ2n) is 21.3. The normalized spacial score (nSPS) is 16.5. The molecule has 0 amide bonds. The molecule has 1 aliphatic rings. The third-order valence-corrected chi connectivity index (χ3v) is 17.9. The molecule has 15 N–H and O–H groups in total. The first-order valence-corrected chi connectivity index (χ1v) is 48.8. The fourth-order valence-electron chi connectivity index (χ4n) is 8.66. The Kier molecular flexibility index (Phi) is 30.6. The summed E-state index contributed by atoms with van der Waals surface area (Å²) in [6, 6.07) is -4.77. The van der Waals surface area contributed by atoms with Crippen LogP contribution in [0.4, 0.5) is 0 Å². The number of hydrogen-bond donors (Lipinski definition) is 15. The lowest BCUT2D eigenvalue weighted by atomic mass is 9.97. The van der Waals surface area contributed by atoms with Gasteiger partial charge in [0.2, 0.25) is 41.1 Å². The predicted octanol–water partition coefficient (Wildman–Crippen LogP) is -6.17. The molecule has 0 aliphatic carbocycles. The number of hydrogen-bond acceptors (Lipinski definition) is 56. The van der Waals surface area contributed by atoms with Crippen LogP contribution in [0.25, 0.3) is 0 Å². The molecule has 5 aromatic rings. The van der Waals surface area contributed by atoms with Gasteiger partial charge in [0.15, 0.2) is 69.7 Å². The van der Waals surface area contributed by atoms with Crippen LogP contribution in [0.1, 0.15) is 51.8 Å². The highest BCUT2D eigenvalue weighted by atomic mass is 32.3. The van der Waals surface area contributed by atoms with Crippen molar-refractivity contribution in [2.45, 2.75) is 30.7 Å². The Balaban J connectivity index is 1.95. The average Bonchev–Trinajstić information content (AvgIpc) is 0.752. The Morgan fingerprint density at radius 3 is 0.535 bits per heavy atom. The number of benzene rings is 5. The zero-order chi connectivity index (χ0) is 97.4. The summed E-state index contributed by atoms with van der Waals surface area (Å²) >= 11 is 0. The van der Waals surface area contributed by atoms with Crippen LogP contribution in [0.5, 0.6) is 86.2 Å². The van der Waals surface area contributed by atoms with Crippen molar-refractivity contribution in [3.8, 4) is 86.2 Å². The minimum absolute atomic E-state index is 0.371. The molecule has 86 heteroatoms. The third kappa shape index (κ3) is 35.0. The SMILES string of the molecule is O=C(OC[C@H]1O[C@@H](OC(=O)c2cc(OS(=O)(=O)O)c(OS(=O)(=O)O)c(OS(=O)(=O)O)c2)[C@H](OC(=O)c2cc(OS(=O)(=O)O)c(OS(=O)(=O)O)c(OS(=O)(=O)O)c2)[C@@H](OC(=O)c2cc(OS(=O)(=O)O)c(OS(=O)(=O)O)c(OS(=O)(=O)O)c2)[C@@H]1OC(=O)c1cc(OS(=O)(=O)O)c(OS(=O)(=O)O)c(OS(=O)(=O)O)c1)c1cc(OS(=O)(=O)O)c(OS(=O)(=O)O)c(OS(=O)(=O)O)c1. The summed E-state index contributed by atoms with van der Waals surface area (Å²) < 4.78 is 600. The molecule has 71 nitrogen and oxygen atoms in total. The molecule has 1 saturated heterocycles. The van der Waals surface area contributed by atoms with E-state index < -0.39 is 386 Å². The van der Waals surface area contributed by atoms with Crippen LogP contribution in [0.15, 0.2) is 60.7 Å². The number of carbonyl (C=O) groups is 5. The molecule has 0 bridgehead atoms. The molecule has 1 aliphatic heterocycles. The molecule has 1 heterocycles. The lowest BCUT2D eigenvalue weighted by Crippen LogP contribution is -2.63. The van der Waals surface area contributed by atoms with Gasteiger partial charge in [-0.3, -0.25) is 68.3 Å². The lowest BCUT2D eigenvalue weighted by Gasteiger charge is -2.44. The first kappa shape index (κ1) is 105.